The van der Waals surface area contributed by atoms with Gasteiger partial charge < -0.3 is 32.2 Å². The van der Waals surface area contributed by atoms with E-state index in [1.165, 1.54) is 0 Å². The molecule has 0 saturated heterocycles. The molecule has 0 aliphatic rings. The van der Waals surface area contributed by atoms with Crippen molar-refractivity contribution in [2.24, 2.45) is 10.7 Å². The molecular formula is C10H15AuN8O6. The fourth-order valence-corrected chi connectivity index (χ4v) is 1.46. The molecule has 1 rings (SSSR count). The number of carboxylic acid groups (broad SMARTS) is 1. The molecular weight excluding hydrogens is 525 g/mol. The Hall–Kier alpha value is -2.71. The second-order valence-corrected chi connectivity index (χ2v) is 4.29. The summed E-state index contributed by atoms with van der Waals surface area (Å²) in [5, 5.41) is 29.6. The third kappa shape index (κ3) is 9.90. The molecule has 0 aliphatic carbocycles. The second kappa shape index (κ2) is 11.8. The molecule has 14 nitrogen and oxygen atoms in total. The minimum Gasteiger partial charge on any atom is -0.480 e. The van der Waals surface area contributed by atoms with Crippen molar-refractivity contribution in [3.8, 4) is 0 Å². The van der Waals surface area contributed by atoms with Gasteiger partial charge in [0.15, 0.2) is 5.03 Å². The van der Waals surface area contributed by atoms with Crippen molar-refractivity contribution < 1.29 is 46.8 Å². The van der Waals surface area contributed by atoms with Gasteiger partial charge in [-0.3, -0.25) is 5.10 Å². The Kier molecular flexibility index (Phi) is 10.5. The summed E-state index contributed by atoms with van der Waals surface area (Å²) in [5.41, 5.74) is 7.16. The minimum absolute atomic E-state index is 0. The van der Waals surface area contributed by atoms with E-state index in [2.05, 4.69) is 31.9 Å². The molecule has 0 radical (unpaired) electrons. The number of ether oxygens (including phenoxy) is 1. The number of hydrazine groups is 1. The van der Waals surface area contributed by atoms with Crippen LogP contribution < -0.4 is 16.5 Å². The van der Waals surface area contributed by atoms with Gasteiger partial charge in [0.2, 0.25) is 0 Å². The van der Waals surface area contributed by atoms with E-state index in [1.54, 1.807) is 5.43 Å². The van der Waals surface area contributed by atoms with E-state index in [0.717, 1.165) is 0 Å². The molecule has 25 heavy (non-hydrogen) atoms. The van der Waals surface area contributed by atoms with Gasteiger partial charge in [0.1, 0.15) is 12.6 Å². The van der Waals surface area contributed by atoms with Crippen LogP contribution in [0.2, 0.25) is 0 Å². The SMILES string of the molecule is NC(=NCCC[C@H](NC(=O)OCc1[c-]nn[nH]1)C(=O)O)N[N+](=O)[O-].[Au+]. The number of amides is 1. The van der Waals surface area contributed by atoms with Crippen molar-refractivity contribution in [1.82, 2.24) is 26.2 Å². The van der Waals surface area contributed by atoms with Gasteiger partial charge in [-0.25, -0.2) is 24.7 Å². The number of rotatable bonds is 9. The Bertz CT molecular complexity index is 594. The van der Waals surface area contributed by atoms with Crippen LogP contribution in [0, 0.1) is 16.3 Å². The van der Waals surface area contributed by atoms with Crippen LogP contribution in [0.5, 0.6) is 0 Å². The van der Waals surface area contributed by atoms with Crippen LogP contribution in [0.25, 0.3) is 0 Å². The van der Waals surface area contributed by atoms with Crippen molar-refractivity contribution in [1.29, 1.82) is 0 Å². The van der Waals surface area contributed by atoms with Crippen LogP contribution >= 0.6 is 0 Å². The maximum Gasteiger partial charge on any atom is 1.00 e. The Morgan fingerprint density at radius 2 is 2.28 bits per heavy atom. The Labute approximate surface area is 156 Å². The zero-order chi connectivity index (χ0) is 17.9. The number of aliphatic imine (C=N–C) groups is 1. The summed E-state index contributed by atoms with van der Waals surface area (Å²) in [5.74, 6) is -1.66. The van der Waals surface area contributed by atoms with Crippen molar-refractivity contribution in [3.05, 3.63) is 22.0 Å². The zero-order valence-corrected chi connectivity index (χ0v) is 14.7. The molecule has 0 aliphatic heterocycles. The number of H-pyrrole nitrogens is 1. The Morgan fingerprint density at radius 3 is 2.84 bits per heavy atom. The van der Waals surface area contributed by atoms with Gasteiger partial charge in [-0.05, 0) is 12.8 Å². The molecule has 0 saturated carbocycles. The number of carbonyl (C=O) groups is 2. The number of aliphatic carboxylic acids is 1. The van der Waals surface area contributed by atoms with E-state index in [0.29, 0.717) is 5.69 Å². The van der Waals surface area contributed by atoms with Gasteiger partial charge >= 0.3 is 34.4 Å². The first kappa shape index (κ1) is 22.3. The molecule has 1 aromatic heterocycles. The molecule has 0 aromatic carbocycles. The van der Waals surface area contributed by atoms with E-state index in [4.69, 9.17) is 15.6 Å². The van der Waals surface area contributed by atoms with E-state index >= 15 is 0 Å². The first-order valence-electron chi connectivity index (χ1n) is 6.53. The minimum atomic E-state index is -1.26. The van der Waals surface area contributed by atoms with Gasteiger partial charge in [-0.1, -0.05) is 11.1 Å². The van der Waals surface area contributed by atoms with Crippen molar-refractivity contribution in [3.63, 3.8) is 0 Å². The Balaban J connectivity index is 0.00000576. The topological polar surface area (TPSA) is 211 Å². The maximum absolute atomic E-state index is 11.5. The van der Waals surface area contributed by atoms with Gasteiger partial charge in [0, 0.05) is 6.54 Å². The number of aromatic amines is 1. The van der Waals surface area contributed by atoms with Gasteiger partial charge in [0.05, 0.1) is 0 Å². The number of nitrogens with two attached hydrogens (primary N) is 1. The van der Waals surface area contributed by atoms with Crippen LogP contribution in [0.1, 0.15) is 18.5 Å². The quantitative estimate of drug-likeness (QED) is 0.0449. The van der Waals surface area contributed by atoms with Crippen LogP contribution in [0.3, 0.4) is 0 Å². The van der Waals surface area contributed by atoms with Crippen molar-refractivity contribution in [2.75, 3.05) is 6.54 Å². The number of guanidine groups is 1. The number of carboxylic acids is 1. The molecule has 15 heteroatoms. The summed E-state index contributed by atoms with van der Waals surface area (Å²) in [4.78, 5) is 36.3. The van der Waals surface area contributed by atoms with E-state index in [1.807, 2.05) is 0 Å². The predicted molar refractivity (Wildman–Crippen MR) is 75.8 cm³/mol. The average molecular weight is 540 g/mol. The number of nitrogens with zero attached hydrogens (tertiary/aromatic N) is 4. The van der Waals surface area contributed by atoms with Crippen LogP contribution in [-0.2, 0) is 38.5 Å². The number of hydrogen-bond donors (Lipinski definition) is 5. The average Bonchev–Trinajstić information content (AvgIpc) is 3.00. The van der Waals surface area contributed by atoms with Crippen molar-refractivity contribution >= 4 is 18.0 Å². The van der Waals surface area contributed by atoms with E-state index in [9.17, 15) is 19.7 Å². The smallest absolute Gasteiger partial charge is 0.480 e. The van der Waals surface area contributed by atoms with Gasteiger partial charge in [0.25, 0.3) is 5.96 Å². The van der Waals surface area contributed by atoms with E-state index < -0.39 is 29.1 Å². The van der Waals surface area contributed by atoms with Crippen molar-refractivity contribution in [2.45, 2.75) is 25.5 Å². The number of aromatic nitrogens is 3. The van der Waals surface area contributed by atoms with E-state index in [-0.39, 0.29) is 48.4 Å². The summed E-state index contributed by atoms with van der Waals surface area (Å²) < 4.78 is 4.77. The largest absolute Gasteiger partial charge is 1.00 e. The first-order chi connectivity index (χ1) is 11.4. The maximum atomic E-state index is 11.5. The summed E-state index contributed by atoms with van der Waals surface area (Å²) in [6.07, 6.45) is 1.72. The van der Waals surface area contributed by atoms with Crippen LogP contribution in [-0.4, -0.2) is 56.2 Å². The molecule has 0 spiro atoms. The normalized spacial score (nSPS) is 11.8. The molecule has 1 aromatic rings. The third-order valence-corrected chi connectivity index (χ3v) is 2.50. The van der Waals surface area contributed by atoms with Crippen LogP contribution in [0.15, 0.2) is 4.99 Å². The number of hydrogen-bond acceptors (Lipinski definition) is 8. The number of alkyl carbamates (subject to hydrolysis) is 1. The Morgan fingerprint density at radius 1 is 1.56 bits per heavy atom. The number of carbonyl (C=O) groups excluding carboxylic acids is 1. The van der Waals surface area contributed by atoms with Gasteiger partial charge in [-0.15, -0.1) is 5.21 Å². The fourth-order valence-electron chi connectivity index (χ4n) is 1.46. The first-order valence-corrected chi connectivity index (χ1v) is 6.53. The number of nitro groups is 1. The molecule has 0 bridgehead atoms. The summed E-state index contributed by atoms with van der Waals surface area (Å²) in [6.45, 7) is -0.152. The zero-order valence-electron chi connectivity index (χ0n) is 12.6. The van der Waals surface area contributed by atoms with Gasteiger partial charge in [-0.2, -0.15) is 0 Å². The molecule has 142 valence electrons. The molecule has 1 atom stereocenters. The predicted octanol–water partition coefficient (Wildman–Crippen LogP) is -1.84. The summed E-state index contributed by atoms with van der Waals surface area (Å²) in [6, 6.07) is -1.21. The molecule has 6 N–H and O–H groups in total. The fraction of sp³-hybridized carbons (Fsp3) is 0.500. The third-order valence-electron chi connectivity index (χ3n) is 2.50. The molecule has 0 fully saturated rings. The number of nitrogens with one attached hydrogen (secondary N) is 3. The molecule has 0 unspecified atom stereocenters. The molecule has 1 amide bonds. The summed E-state index contributed by atoms with van der Waals surface area (Å²) >= 11 is 0. The monoisotopic (exact) mass is 540 g/mol. The summed E-state index contributed by atoms with van der Waals surface area (Å²) in [7, 11) is 0. The molecule has 1 heterocycles. The second-order valence-electron chi connectivity index (χ2n) is 4.29. The standard InChI is InChI=1S/C10H15N8O6.Au/c11-9(16-18(22)23)12-3-1-2-7(8(19)20)14-10(21)24-5-6-4-13-17-15-6;/h7H,1-3,5H2,(H,14,21)(H,19,20)(H3,11,12,16)(H,13,15,17);/q-1;+1/t7-;/m0./s1. The van der Waals surface area contributed by atoms with Crippen LogP contribution in [0.4, 0.5) is 4.79 Å².